The predicted octanol–water partition coefficient (Wildman–Crippen LogP) is 3.67. The van der Waals surface area contributed by atoms with Crippen LogP contribution in [-0.2, 0) is 18.2 Å². The number of carbonyl (C=O) groups is 1. The number of anilines is 2. The first-order valence-corrected chi connectivity index (χ1v) is 12.5. The third-order valence-electron chi connectivity index (χ3n) is 7.32. The summed E-state index contributed by atoms with van der Waals surface area (Å²) < 4.78 is 22.0. The Hall–Kier alpha value is -4.31. The maximum absolute atomic E-state index is 14.7. The molecule has 2 N–H and O–H groups in total. The number of rotatable bonds is 4. The summed E-state index contributed by atoms with van der Waals surface area (Å²) in [5, 5.41) is 12.9. The predicted molar refractivity (Wildman–Crippen MR) is 143 cm³/mol. The number of hydrogen-bond donors (Lipinski definition) is 2. The number of carboxylic acids is 1. The minimum atomic E-state index is -1.29. The highest BCUT2D eigenvalue weighted by atomic mass is 19.1. The van der Waals surface area contributed by atoms with Crippen LogP contribution in [-0.4, -0.2) is 59.0 Å². The lowest BCUT2D eigenvalue weighted by atomic mass is 9.97. The summed E-state index contributed by atoms with van der Waals surface area (Å²) in [6.07, 6.45) is 6.12. The van der Waals surface area contributed by atoms with E-state index in [0.717, 1.165) is 52.3 Å². The number of hydrogen-bond acceptors (Lipinski definition) is 7. The van der Waals surface area contributed by atoms with Crippen molar-refractivity contribution >= 4 is 28.4 Å². The molecule has 0 amide bonds. The number of nitrogens with one attached hydrogen (secondary N) is 1. The second-order valence-electron chi connectivity index (χ2n) is 9.58. The Morgan fingerprint density at radius 1 is 1.13 bits per heavy atom. The van der Waals surface area contributed by atoms with Crippen molar-refractivity contribution in [1.82, 2.24) is 14.5 Å². The zero-order chi connectivity index (χ0) is 26.6. The fourth-order valence-corrected chi connectivity index (χ4v) is 5.57. The van der Waals surface area contributed by atoms with Crippen LogP contribution in [0.1, 0.15) is 28.0 Å². The molecular weight excluding hydrogens is 489 g/mol. The normalized spacial score (nSPS) is 14.8. The highest BCUT2D eigenvalue weighted by Crippen LogP contribution is 2.48. The van der Waals surface area contributed by atoms with Gasteiger partial charge in [0.15, 0.2) is 0 Å². The van der Waals surface area contributed by atoms with Gasteiger partial charge in [-0.15, -0.1) is 0 Å². The Balaban J connectivity index is 1.63. The third kappa shape index (κ3) is 3.79. The first-order valence-electron chi connectivity index (χ1n) is 12.5. The van der Waals surface area contributed by atoms with Gasteiger partial charge in [0.05, 0.1) is 23.4 Å². The number of aromatic nitrogens is 3. The number of carboxylic acid groups (broad SMARTS) is 1. The number of nitrogens with zero attached hydrogens (tertiary/aromatic N) is 4. The van der Waals surface area contributed by atoms with Crippen LogP contribution >= 0.6 is 0 Å². The van der Waals surface area contributed by atoms with Crippen molar-refractivity contribution in [3.63, 3.8) is 0 Å². The van der Waals surface area contributed by atoms with Crippen LogP contribution in [0.2, 0.25) is 0 Å². The molecule has 3 aromatic heterocycles. The van der Waals surface area contributed by atoms with Crippen molar-refractivity contribution in [2.75, 3.05) is 43.6 Å². The van der Waals surface area contributed by atoms with Gasteiger partial charge in [0.1, 0.15) is 17.0 Å². The largest absolute Gasteiger partial charge is 0.477 e. The number of aromatic carboxylic acids is 1. The van der Waals surface area contributed by atoms with Crippen LogP contribution in [0.4, 0.5) is 15.8 Å². The maximum atomic E-state index is 14.7. The second-order valence-corrected chi connectivity index (χ2v) is 9.58. The van der Waals surface area contributed by atoms with Crippen molar-refractivity contribution in [2.24, 2.45) is 7.05 Å². The lowest BCUT2D eigenvalue weighted by molar-refractivity contribution is 0.0695. The van der Waals surface area contributed by atoms with Gasteiger partial charge < -0.3 is 24.6 Å². The molecule has 1 fully saturated rings. The molecule has 0 bridgehead atoms. The second kappa shape index (κ2) is 9.21. The van der Waals surface area contributed by atoms with E-state index in [1.54, 1.807) is 38.6 Å². The van der Waals surface area contributed by atoms with E-state index >= 15 is 0 Å². The molecule has 4 heterocycles. The van der Waals surface area contributed by atoms with E-state index < -0.39 is 11.4 Å². The molecular formula is C28H26FN5O4. The van der Waals surface area contributed by atoms with E-state index in [4.69, 9.17) is 9.72 Å². The smallest absolute Gasteiger partial charge is 0.341 e. The van der Waals surface area contributed by atoms with Crippen molar-refractivity contribution in [2.45, 2.75) is 12.8 Å². The lowest BCUT2D eigenvalue weighted by Crippen LogP contribution is -2.27. The molecule has 38 heavy (non-hydrogen) atoms. The Labute approximate surface area is 217 Å². The molecule has 10 heteroatoms. The fraction of sp³-hybridized carbons (Fsp3) is 0.286. The molecule has 0 radical (unpaired) electrons. The quantitative estimate of drug-likeness (QED) is 0.373. The molecule has 0 atom stereocenters. The Kier molecular flexibility index (Phi) is 5.83. The van der Waals surface area contributed by atoms with Gasteiger partial charge in [-0.3, -0.25) is 9.78 Å². The first-order chi connectivity index (χ1) is 18.4. The Morgan fingerprint density at radius 3 is 2.76 bits per heavy atom. The molecule has 0 unspecified atom stereocenters. The van der Waals surface area contributed by atoms with Crippen LogP contribution in [0.5, 0.6) is 0 Å². The number of benzene rings is 1. The highest BCUT2D eigenvalue weighted by Gasteiger charge is 2.31. The molecule has 2 aliphatic rings. The molecule has 0 saturated carbocycles. The first kappa shape index (κ1) is 24.1. The standard InChI is InChI=1S/C28H26FN5O4/c1-30-22-10-16(29)9-18-17(22)11-23-24(18)25(34-4-3-6-38-7-5-34)20(13-31-23)15-8-19-26(35)21(28(36)37)14-33(2)27(19)32-12-15/h8-10,12-14,30H,3-7,11H2,1-2H3,(H,36,37). The number of halogens is 1. The zero-order valence-electron chi connectivity index (χ0n) is 21.0. The molecule has 1 aliphatic carbocycles. The summed E-state index contributed by atoms with van der Waals surface area (Å²) in [6.45, 7) is 2.57. The monoisotopic (exact) mass is 515 g/mol. The van der Waals surface area contributed by atoms with Gasteiger partial charge in [-0.05, 0) is 35.7 Å². The molecule has 4 aromatic rings. The van der Waals surface area contributed by atoms with Gasteiger partial charge >= 0.3 is 5.97 Å². The summed E-state index contributed by atoms with van der Waals surface area (Å²) in [5.74, 6) is -1.63. The summed E-state index contributed by atoms with van der Waals surface area (Å²) in [4.78, 5) is 36.3. The lowest BCUT2D eigenvalue weighted by Gasteiger charge is -2.28. The van der Waals surface area contributed by atoms with Crippen LogP contribution in [0, 0.1) is 5.82 Å². The van der Waals surface area contributed by atoms with Crippen molar-refractivity contribution in [3.05, 3.63) is 69.7 Å². The average Bonchev–Trinajstić information content (AvgIpc) is 3.08. The van der Waals surface area contributed by atoms with E-state index in [1.807, 2.05) is 0 Å². The Morgan fingerprint density at radius 2 is 1.97 bits per heavy atom. The van der Waals surface area contributed by atoms with Gasteiger partial charge in [-0.1, -0.05) is 0 Å². The van der Waals surface area contributed by atoms with Gasteiger partial charge in [-0.2, -0.15) is 0 Å². The average molecular weight is 516 g/mol. The fourth-order valence-electron chi connectivity index (χ4n) is 5.57. The topological polar surface area (TPSA) is 110 Å². The number of pyridine rings is 3. The van der Waals surface area contributed by atoms with E-state index in [0.29, 0.717) is 37.4 Å². The van der Waals surface area contributed by atoms with E-state index in [2.05, 4.69) is 15.2 Å². The molecule has 1 saturated heterocycles. The van der Waals surface area contributed by atoms with Crippen LogP contribution in [0.15, 0.2) is 41.6 Å². The Bertz CT molecular complexity index is 1670. The molecule has 1 aromatic carbocycles. The SMILES string of the molecule is CNc1cc(F)cc2c1Cc1ncc(-c3cnc4c(c3)c(=O)c(C(=O)O)cn4C)c(N3CCCOCC3)c1-2. The molecule has 6 rings (SSSR count). The summed E-state index contributed by atoms with van der Waals surface area (Å²) in [7, 11) is 3.43. The van der Waals surface area contributed by atoms with E-state index in [1.165, 1.54) is 16.8 Å². The van der Waals surface area contributed by atoms with Gasteiger partial charge in [0.25, 0.3) is 0 Å². The molecule has 0 spiro atoms. The molecule has 9 nitrogen and oxygen atoms in total. The minimum absolute atomic E-state index is 0.208. The minimum Gasteiger partial charge on any atom is -0.477 e. The van der Waals surface area contributed by atoms with Crippen LogP contribution in [0.3, 0.4) is 0 Å². The summed E-state index contributed by atoms with van der Waals surface area (Å²) >= 11 is 0. The summed E-state index contributed by atoms with van der Waals surface area (Å²) in [5.41, 5.74) is 5.94. The van der Waals surface area contributed by atoms with Gasteiger partial charge in [-0.25, -0.2) is 14.2 Å². The summed E-state index contributed by atoms with van der Waals surface area (Å²) in [6, 6.07) is 4.73. The number of aryl methyl sites for hydroxylation is 1. The van der Waals surface area contributed by atoms with Gasteiger partial charge in [0.2, 0.25) is 5.43 Å². The van der Waals surface area contributed by atoms with E-state index in [9.17, 15) is 19.1 Å². The molecule has 194 valence electrons. The van der Waals surface area contributed by atoms with Crippen molar-refractivity contribution in [3.8, 4) is 22.3 Å². The van der Waals surface area contributed by atoms with Crippen LogP contribution in [0.25, 0.3) is 33.3 Å². The number of fused-ring (bicyclic) bond motifs is 4. The third-order valence-corrected chi connectivity index (χ3v) is 7.32. The van der Waals surface area contributed by atoms with Gasteiger partial charge in [0, 0.05) is 81.2 Å². The number of ether oxygens (including phenoxy) is 1. The maximum Gasteiger partial charge on any atom is 0.341 e. The highest BCUT2D eigenvalue weighted by molar-refractivity contribution is 5.98. The van der Waals surface area contributed by atoms with Crippen molar-refractivity contribution < 1.29 is 19.0 Å². The zero-order valence-corrected chi connectivity index (χ0v) is 21.0. The molecule has 1 aliphatic heterocycles. The van der Waals surface area contributed by atoms with E-state index in [-0.39, 0.29) is 16.8 Å². The van der Waals surface area contributed by atoms with Crippen molar-refractivity contribution in [1.29, 1.82) is 0 Å². The van der Waals surface area contributed by atoms with Crippen LogP contribution < -0.4 is 15.6 Å².